The standard InChI is InChI=1S/C20H20N2O4/c23-18-17-11-22(13-20(17,12-21-18)19(24)25)10-14-5-4-8-16(9-14)26-15-6-2-1-3-7-15/h1-9,17H,10-13H2,(H,21,23)(H,24,25)/t17-,20+/m0/s1. The highest BCUT2D eigenvalue weighted by molar-refractivity contribution is 5.92. The van der Waals surface area contributed by atoms with Crippen LogP contribution in [0, 0.1) is 11.3 Å². The monoisotopic (exact) mass is 352 g/mol. The van der Waals surface area contributed by atoms with Gasteiger partial charge >= 0.3 is 5.97 Å². The van der Waals surface area contributed by atoms with Crippen molar-refractivity contribution in [2.75, 3.05) is 19.6 Å². The normalized spacial score (nSPS) is 24.9. The van der Waals surface area contributed by atoms with Crippen molar-refractivity contribution in [3.8, 4) is 11.5 Å². The van der Waals surface area contributed by atoms with E-state index < -0.39 is 17.3 Å². The van der Waals surface area contributed by atoms with E-state index in [0.29, 0.717) is 19.6 Å². The summed E-state index contributed by atoms with van der Waals surface area (Å²) >= 11 is 0. The molecule has 0 bridgehead atoms. The Morgan fingerprint density at radius 1 is 1.19 bits per heavy atom. The first-order valence-corrected chi connectivity index (χ1v) is 8.62. The second-order valence-corrected chi connectivity index (χ2v) is 6.96. The number of carbonyl (C=O) groups is 2. The Labute approximate surface area is 151 Å². The number of carboxylic acid groups (broad SMARTS) is 1. The van der Waals surface area contributed by atoms with Gasteiger partial charge < -0.3 is 15.2 Å². The average molecular weight is 352 g/mol. The fourth-order valence-electron chi connectivity index (χ4n) is 3.89. The second kappa shape index (κ2) is 6.46. The minimum Gasteiger partial charge on any atom is -0.481 e. The molecule has 6 nitrogen and oxygen atoms in total. The van der Waals surface area contributed by atoms with Gasteiger partial charge in [0.15, 0.2) is 0 Å². The van der Waals surface area contributed by atoms with Crippen molar-refractivity contribution < 1.29 is 19.4 Å². The number of hydrogen-bond acceptors (Lipinski definition) is 4. The first-order valence-electron chi connectivity index (χ1n) is 8.62. The number of aliphatic carboxylic acids is 1. The van der Waals surface area contributed by atoms with Crippen LogP contribution in [0.25, 0.3) is 0 Å². The molecule has 2 aliphatic rings. The summed E-state index contributed by atoms with van der Waals surface area (Å²) in [6.07, 6.45) is 0. The first kappa shape index (κ1) is 16.6. The molecule has 134 valence electrons. The SMILES string of the molecule is O=C1NC[C@@]2(C(=O)O)CN(Cc3cccc(Oc4ccccc4)c3)C[C@@H]12. The zero-order chi connectivity index (χ0) is 18.1. The van der Waals surface area contributed by atoms with Gasteiger partial charge in [-0.15, -0.1) is 0 Å². The lowest BCUT2D eigenvalue weighted by Gasteiger charge is -2.22. The minimum atomic E-state index is -1.00. The molecule has 2 aromatic carbocycles. The van der Waals surface area contributed by atoms with Crippen molar-refractivity contribution in [3.05, 3.63) is 60.2 Å². The number of carbonyl (C=O) groups excluding carboxylic acids is 1. The molecule has 0 saturated carbocycles. The van der Waals surface area contributed by atoms with Gasteiger partial charge in [-0.3, -0.25) is 14.5 Å². The zero-order valence-electron chi connectivity index (χ0n) is 14.2. The van der Waals surface area contributed by atoms with E-state index in [0.717, 1.165) is 17.1 Å². The minimum absolute atomic E-state index is 0.156. The summed E-state index contributed by atoms with van der Waals surface area (Å²) in [6.45, 7) is 1.63. The van der Waals surface area contributed by atoms with E-state index in [9.17, 15) is 14.7 Å². The quantitative estimate of drug-likeness (QED) is 0.862. The Bertz CT molecular complexity index is 839. The molecule has 6 heteroatoms. The third-order valence-electron chi connectivity index (χ3n) is 5.22. The maximum absolute atomic E-state index is 12.0. The molecule has 2 saturated heterocycles. The Morgan fingerprint density at radius 3 is 2.69 bits per heavy atom. The maximum atomic E-state index is 12.0. The van der Waals surface area contributed by atoms with Crippen LogP contribution in [0.3, 0.4) is 0 Å². The number of hydrogen-bond donors (Lipinski definition) is 2. The summed E-state index contributed by atoms with van der Waals surface area (Å²) in [5.74, 6) is -0.0371. The Balaban J connectivity index is 1.48. The van der Waals surface area contributed by atoms with Crippen molar-refractivity contribution in [2.45, 2.75) is 6.54 Å². The summed E-state index contributed by atoms with van der Waals surface area (Å²) in [6, 6.07) is 17.3. The predicted molar refractivity (Wildman–Crippen MR) is 94.8 cm³/mol. The van der Waals surface area contributed by atoms with E-state index >= 15 is 0 Å². The molecule has 2 heterocycles. The van der Waals surface area contributed by atoms with Crippen LogP contribution in [0.4, 0.5) is 0 Å². The Hall–Kier alpha value is -2.86. The zero-order valence-corrected chi connectivity index (χ0v) is 14.2. The molecule has 0 radical (unpaired) electrons. The highest BCUT2D eigenvalue weighted by atomic mass is 16.5. The number of ether oxygens (including phenoxy) is 1. The molecule has 26 heavy (non-hydrogen) atoms. The van der Waals surface area contributed by atoms with Crippen LogP contribution in [0.2, 0.25) is 0 Å². The number of carboxylic acids is 1. The number of rotatable bonds is 5. The maximum Gasteiger partial charge on any atom is 0.313 e. The molecule has 0 spiro atoms. The van der Waals surface area contributed by atoms with Crippen LogP contribution < -0.4 is 10.1 Å². The van der Waals surface area contributed by atoms with Crippen LogP contribution in [0.5, 0.6) is 11.5 Å². The van der Waals surface area contributed by atoms with Crippen molar-refractivity contribution in [1.29, 1.82) is 0 Å². The van der Waals surface area contributed by atoms with E-state index in [4.69, 9.17) is 4.74 Å². The van der Waals surface area contributed by atoms with E-state index in [2.05, 4.69) is 5.32 Å². The summed E-state index contributed by atoms with van der Waals surface area (Å²) in [4.78, 5) is 25.8. The lowest BCUT2D eigenvalue weighted by Crippen LogP contribution is -2.40. The lowest BCUT2D eigenvalue weighted by atomic mass is 9.81. The smallest absolute Gasteiger partial charge is 0.313 e. The van der Waals surface area contributed by atoms with Crippen LogP contribution >= 0.6 is 0 Å². The third kappa shape index (κ3) is 2.93. The molecule has 0 unspecified atom stereocenters. The number of benzene rings is 2. The molecule has 2 fully saturated rings. The van der Waals surface area contributed by atoms with Crippen LogP contribution in [-0.2, 0) is 16.1 Å². The number of nitrogens with zero attached hydrogens (tertiary/aromatic N) is 1. The topological polar surface area (TPSA) is 78.9 Å². The van der Waals surface area contributed by atoms with Crippen LogP contribution in [0.1, 0.15) is 5.56 Å². The molecule has 0 aromatic heterocycles. The van der Waals surface area contributed by atoms with Gasteiger partial charge in [-0.2, -0.15) is 0 Å². The molecule has 0 aliphatic carbocycles. The van der Waals surface area contributed by atoms with E-state index in [1.807, 2.05) is 59.5 Å². The summed E-state index contributed by atoms with van der Waals surface area (Å²) in [7, 11) is 0. The number of likely N-dealkylation sites (tertiary alicyclic amines) is 1. The van der Waals surface area contributed by atoms with Crippen molar-refractivity contribution in [2.24, 2.45) is 11.3 Å². The van der Waals surface area contributed by atoms with Gasteiger partial charge in [-0.1, -0.05) is 30.3 Å². The largest absolute Gasteiger partial charge is 0.481 e. The molecule has 2 N–H and O–H groups in total. The van der Waals surface area contributed by atoms with Gasteiger partial charge in [0.25, 0.3) is 0 Å². The third-order valence-corrected chi connectivity index (χ3v) is 5.22. The molecule has 2 aliphatic heterocycles. The van der Waals surface area contributed by atoms with Crippen LogP contribution in [0.15, 0.2) is 54.6 Å². The van der Waals surface area contributed by atoms with Crippen LogP contribution in [-0.4, -0.2) is 41.5 Å². The lowest BCUT2D eigenvalue weighted by molar-refractivity contribution is -0.149. The molecular weight excluding hydrogens is 332 g/mol. The number of nitrogens with one attached hydrogen (secondary N) is 1. The van der Waals surface area contributed by atoms with E-state index in [-0.39, 0.29) is 12.5 Å². The Kier molecular flexibility index (Phi) is 4.12. The fourth-order valence-corrected chi connectivity index (χ4v) is 3.89. The predicted octanol–water partition coefficient (Wildman–Crippen LogP) is 2.11. The molecule has 1 amide bonds. The number of amides is 1. The highest BCUT2D eigenvalue weighted by Crippen LogP contribution is 2.40. The fraction of sp³-hybridized carbons (Fsp3) is 0.300. The van der Waals surface area contributed by atoms with Crippen molar-refractivity contribution in [1.82, 2.24) is 10.2 Å². The Morgan fingerprint density at radius 2 is 1.96 bits per heavy atom. The van der Waals surface area contributed by atoms with E-state index in [1.54, 1.807) is 0 Å². The molecule has 4 rings (SSSR count). The summed E-state index contributed by atoms with van der Waals surface area (Å²) < 4.78 is 5.86. The molecule has 2 atom stereocenters. The van der Waals surface area contributed by atoms with Gasteiger partial charge in [0, 0.05) is 26.2 Å². The second-order valence-electron chi connectivity index (χ2n) is 6.96. The molecular formula is C20H20N2O4. The summed E-state index contributed by atoms with van der Waals surface area (Å²) in [5, 5.41) is 12.3. The van der Waals surface area contributed by atoms with Gasteiger partial charge in [-0.25, -0.2) is 0 Å². The number of para-hydroxylation sites is 1. The number of fused-ring (bicyclic) bond motifs is 1. The summed E-state index contributed by atoms with van der Waals surface area (Å²) in [5.41, 5.74) is 0.0224. The van der Waals surface area contributed by atoms with Gasteiger partial charge in [0.05, 0.1) is 5.92 Å². The first-order chi connectivity index (χ1) is 12.6. The van der Waals surface area contributed by atoms with Crippen molar-refractivity contribution >= 4 is 11.9 Å². The molecule has 2 aromatic rings. The van der Waals surface area contributed by atoms with Crippen molar-refractivity contribution in [3.63, 3.8) is 0 Å². The van der Waals surface area contributed by atoms with Gasteiger partial charge in [0.2, 0.25) is 5.91 Å². The average Bonchev–Trinajstić information content (AvgIpc) is 3.14. The highest BCUT2D eigenvalue weighted by Gasteiger charge is 2.59. The van der Waals surface area contributed by atoms with Gasteiger partial charge in [-0.05, 0) is 29.8 Å². The van der Waals surface area contributed by atoms with E-state index in [1.165, 1.54) is 0 Å². The van der Waals surface area contributed by atoms with Gasteiger partial charge in [0.1, 0.15) is 16.9 Å².